The second kappa shape index (κ2) is 7.92. The van der Waals surface area contributed by atoms with E-state index in [-0.39, 0.29) is 5.91 Å². The number of nitrogens with one attached hydrogen (secondary N) is 2. The van der Waals surface area contributed by atoms with Gasteiger partial charge in [-0.1, -0.05) is 11.6 Å². The summed E-state index contributed by atoms with van der Waals surface area (Å²) in [6.07, 6.45) is 3.45. The molecule has 2 heterocycles. The molecule has 140 valence electrons. The maximum Gasteiger partial charge on any atom is 0.251 e. The first-order valence-corrected chi connectivity index (χ1v) is 9.92. The topological polar surface area (TPSA) is 79.8 Å². The van der Waals surface area contributed by atoms with Crippen molar-refractivity contribution in [3.05, 3.63) is 64.8 Å². The van der Waals surface area contributed by atoms with E-state index in [0.29, 0.717) is 23.1 Å². The van der Waals surface area contributed by atoms with E-state index in [9.17, 15) is 4.79 Å². The molecule has 4 rings (SSSR count). The van der Waals surface area contributed by atoms with Crippen LogP contribution in [-0.4, -0.2) is 27.4 Å². The molecule has 4 aromatic rings. The Morgan fingerprint density at radius 2 is 1.96 bits per heavy atom. The Balaban J connectivity index is 1.58. The van der Waals surface area contributed by atoms with Crippen LogP contribution in [0.3, 0.4) is 0 Å². The number of amides is 1. The summed E-state index contributed by atoms with van der Waals surface area (Å²) in [5, 5.41) is 10.1. The standard InChI is InChI=1S/C20H16ClN5OS/c1-2-22-18(27)12-3-5-13(6-4-12)25-20-24-11-15-16(26-20)8-7-14(17(15)21)19-23-9-10-28-19/h3-11H,2H2,1H3,(H,22,27)(H,24,25,26). The Morgan fingerprint density at radius 1 is 1.14 bits per heavy atom. The maximum absolute atomic E-state index is 11.8. The van der Waals surface area contributed by atoms with E-state index in [4.69, 9.17) is 11.6 Å². The smallest absolute Gasteiger partial charge is 0.251 e. The van der Waals surface area contributed by atoms with Crippen LogP contribution in [0.4, 0.5) is 11.6 Å². The second-order valence-electron chi connectivity index (χ2n) is 5.95. The molecule has 1 amide bonds. The molecule has 2 aromatic heterocycles. The fraction of sp³-hybridized carbons (Fsp3) is 0.100. The van der Waals surface area contributed by atoms with Crippen molar-refractivity contribution >= 4 is 51.4 Å². The molecule has 0 aliphatic carbocycles. The number of hydrogen-bond donors (Lipinski definition) is 2. The molecule has 0 atom stereocenters. The molecular weight excluding hydrogens is 394 g/mol. The molecule has 0 radical (unpaired) electrons. The van der Waals surface area contributed by atoms with Gasteiger partial charge in [0, 0.05) is 46.5 Å². The van der Waals surface area contributed by atoms with E-state index in [1.54, 1.807) is 24.5 Å². The highest BCUT2D eigenvalue weighted by molar-refractivity contribution is 7.13. The SMILES string of the molecule is CCNC(=O)c1ccc(Nc2ncc3c(Cl)c(-c4nccs4)ccc3n2)cc1. The van der Waals surface area contributed by atoms with Gasteiger partial charge in [0.05, 0.1) is 10.5 Å². The fourth-order valence-corrected chi connectivity index (χ4v) is 3.77. The van der Waals surface area contributed by atoms with E-state index in [1.807, 2.05) is 36.6 Å². The molecular formula is C20H16ClN5OS. The minimum Gasteiger partial charge on any atom is -0.352 e. The molecule has 0 spiro atoms. The molecule has 0 unspecified atom stereocenters. The zero-order valence-corrected chi connectivity index (χ0v) is 16.5. The first kappa shape index (κ1) is 18.3. The third-order valence-electron chi connectivity index (χ3n) is 4.10. The number of halogens is 1. The van der Waals surface area contributed by atoms with Gasteiger partial charge >= 0.3 is 0 Å². The van der Waals surface area contributed by atoms with Crippen molar-refractivity contribution in [2.75, 3.05) is 11.9 Å². The summed E-state index contributed by atoms with van der Waals surface area (Å²) < 4.78 is 0. The molecule has 0 saturated carbocycles. The van der Waals surface area contributed by atoms with E-state index in [0.717, 1.165) is 27.2 Å². The third kappa shape index (κ3) is 3.67. The van der Waals surface area contributed by atoms with Gasteiger partial charge in [-0.2, -0.15) is 0 Å². The predicted molar refractivity (Wildman–Crippen MR) is 113 cm³/mol. The number of aromatic nitrogens is 3. The Hall–Kier alpha value is -3.03. The average molecular weight is 410 g/mol. The van der Waals surface area contributed by atoms with E-state index < -0.39 is 0 Å². The number of benzene rings is 2. The highest BCUT2D eigenvalue weighted by Crippen LogP contribution is 2.34. The van der Waals surface area contributed by atoms with Crippen LogP contribution in [0.15, 0.2) is 54.2 Å². The summed E-state index contributed by atoms with van der Waals surface area (Å²) in [6, 6.07) is 11.0. The molecule has 8 heteroatoms. The van der Waals surface area contributed by atoms with Crippen molar-refractivity contribution in [2.45, 2.75) is 6.92 Å². The van der Waals surface area contributed by atoms with Gasteiger partial charge in [0.1, 0.15) is 5.01 Å². The number of carbonyl (C=O) groups excluding carboxylic acids is 1. The van der Waals surface area contributed by atoms with E-state index in [1.165, 1.54) is 11.3 Å². The van der Waals surface area contributed by atoms with Gasteiger partial charge in [-0.05, 0) is 43.3 Å². The summed E-state index contributed by atoms with van der Waals surface area (Å²) in [5.74, 6) is 0.359. The molecule has 0 fully saturated rings. The number of hydrogen-bond acceptors (Lipinski definition) is 6. The highest BCUT2D eigenvalue weighted by atomic mass is 35.5. The quantitative estimate of drug-likeness (QED) is 0.490. The van der Waals surface area contributed by atoms with Crippen molar-refractivity contribution in [3.8, 4) is 10.6 Å². The monoisotopic (exact) mass is 409 g/mol. The lowest BCUT2D eigenvalue weighted by Gasteiger charge is -2.09. The van der Waals surface area contributed by atoms with Gasteiger partial charge in [0.2, 0.25) is 5.95 Å². The normalized spacial score (nSPS) is 10.8. The van der Waals surface area contributed by atoms with Gasteiger partial charge in [-0.15, -0.1) is 11.3 Å². The van der Waals surface area contributed by atoms with Crippen LogP contribution < -0.4 is 10.6 Å². The Bertz CT molecular complexity index is 1130. The molecule has 28 heavy (non-hydrogen) atoms. The maximum atomic E-state index is 11.8. The van der Waals surface area contributed by atoms with Crippen molar-refractivity contribution < 1.29 is 4.79 Å². The molecule has 2 aromatic carbocycles. The first-order valence-electron chi connectivity index (χ1n) is 8.66. The lowest BCUT2D eigenvalue weighted by atomic mass is 10.1. The Kier molecular flexibility index (Phi) is 5.18. The summed E-state index contributed by atoms with van der Waals surface area (Å²) in [7, 11) is 0. The average Bonchev–Trinajstić information content (AvgIpc) is 3.23. The lowest BCUT2D eigenvalue weighted by Crippen LogP contribution is -2.22. The van der Waals surface area contributed by atoms with Crippen molar-refractivity contribution in [1.29, 1.82) is 0 Å². The highest BCUT2D eigenvalue weighted by Gasteiger charge is 2.12. The molecule has 0 aliphatic heterocycles. The zero-order chi connectivity index (χ0) is 19.5. The fourth-order valence-electron chi connectivity index (χ4n) is 2.75. The molecule has 6 nitrogen and oxygen atoms in total. The van der Waals surface area contributed by atoms with Gasteiger partial charge in [0.25, 0.3) is 5.91 Å². The van der Waals surface area contributed by atoms with Crippen LogP contribution in [0.2, 0.25) is 5.02 Å². The van der Waals surface area contributed by atoms with Crippen molar-refractivity contribution in [3.63, 3.8) is 0 Å². The molecule has 0 aliphatic rings. The summed E-state index contributed by atoms with van der Waals surface area (Å²) in [5.41, 5.74) is 3.00. The number of carbonyl (C=O) groups is 1. The lowest BCUT2D eigenvalue weighted by molar-refractivity contribution is 0.0956. The second-order valence-corrected chi connectivity index (χ2v) is 7.23. The van der Waals surface area contributed by atoms with Gasteiger partial charge in [-0.3, -0.25) is 4.79 Å². The third-order valence-corrected chi connectivity index (χ3v) is 5.32. The minimum atomic E-state index is -0.0957. The minimum absolute atomic E-state index is 0.0957. The number of rotatable bonds is 5. The molecule has 2 N–H and O–H groups in total. The van der Waals surface area contributed by atoms with Crippen LogP contribution in [0.5, 0.6) is 0 Å². The Labute approximate surface area is 170 Å². The van der Waals surface area contributed by atoms with Gasteiger partial charge in [-0.25, -0.2) is 15.0 Å². The predicted octanol–water partition coefficient (Wildman–Crippen LogP) is 4.90. The zero-order valence-electron chi connectivity index (χ0n) is 14.9. The molecule has 0 saturated heterocycles. The van der Waals surface area contributed by atoms with E-state index in [2.05, 4.69) is 25.6 Å². The Morgan fingerprint density at radius 3 is 2.68 bits per heavy atom. The first-order chi connectivity index (χ1) is 13.7. The summed E-state index contributed by atoms with van der Waals surface area (Å²) in [4.78, 5) is 25.1. The molecule has 0 bridgehead atoms. The summed E-state index contributed by atoms with van der Waals surface area (Å²) in [6.45, 7) is 2.48. The van der Waals surface area contributed by atoms with Crippen LogP contribution in [0.25, 0.3) is 21.5 Å². The largest absolute Gasteiger partial charge is 0.352 e. The van der Waals surface area contributed by atoms with Crippen LogP contribution in [-0.2, 0) is 0 Å². The number of anilines is 2. The van der Waals surface area contributed by atoms with Crippen LogP contribution in [0.1, 0.15) is 17.3 Å². The van der Waals surface area contributed by atoms with Crippen molar-refractivity contribution in [2.24, 2.45) is 0 Å². The van der Waals surface area contributed by atoms with E-state index >= 15 is 0 Å². The number of fused-ring (bicyclic) bond motifs is 1. The van der Waals surface area contributed by atoms with Gasteiger partial charge < -0.3 is 10.6 Å². The van der Waals surface area contributed by atoms with Crippen LogP contribution in [0, 0.1) is 0 Å². The number of thiazole rings is 1. The summed E-state index contributed by atoms with van der Waals surface area (Å²) >= 11 is 8.08. The van der Waals surface area contributed by atoms with Gasteiger partial charge in [0.15, 0.2) is 0 Å². The van der Waals surface area contributed by atoms with Crippen molar-refractivity contribution in [1.82, 2.24) is 20.3 Å². The number of nitrogens with zero attached hydrogens (tertiary/aromatic N) is 3. The van der Waals surface area contributed by atoms with Crippen LogP contribution >= 0.6 is 22.9 Å².